The number of hydrogen-bond donors (Lipinski definition) is 1. The van der Waals surface area contributed by atoms with E-state index in [0.717, 1.165) is 44.0 Å². The van der Waals surface area contributed by atoms with Gasteiger partial charge < -0.3 is 0 Å². The highest BCUT2D eigenvalue weighted by Crippen LogP contribution is 2.09. The van der Waals surface area contributed by atoms with Crippen LogP contribution in [0.25, 0.3) is 0 Å². The highest BCUT2D eigenvalue weighted by Gasteiger charge is 2.18. The predicted octanol–water partition coefficient (Wildman–Crippen LogP) is 2.65. The SMILES string of the molecule is C/C(=N\NC(=O)CN1CCN(Cc2ccc(C)cc2)CC1)c1ccccc1. The first-order valence-corrected chi connectivity index (χ1v) is 9.49. The van der Waals surface area contributed by atoms with Gasteiger partial charge in [0.2, 0.25) is 0 Å². The molecule has 3 rings (SSSR count). The Balaban J connectivity index is 1.41. The zero-order chi connectivity index (χ0) is 19.1. The van der Waals surface area contributed by atoms with Crippen LogP contribution in [0.5, 0.6) is 0 Å². The van der Waals surface area contributed by atoms with E-state index in [2.05, 4.69) is 51.5 Å². The van der Waals surface area contributed by atoms with Crippen molar-refractivity contribution in [2.75, 3.05) is 32.7 Å². The molecule has 142 valence electrons. The molecule has 0 unspecified atom stereocenters. The monoisotopic (exact) mass is 364 g/mol. The van der Waals surface area contributed by atoms with Gasteiger partial charge in [-0.3, -0.25) is 14.6 Å². The van der Waals surface area contributed by atoms with Gasteiger partial charge in [0, 0.05) is 32.7 Å². The van der Waals surface area contributed by atoms with Crippen LogP contribution in [0, 0.1) is 6.92 Å². The molecule has 1 aliphatic rings. The molecule has 1 amide bonds. The van der Waals surface area contributed by atoms with Crippen LogP contribution in [0.3, 0.4) is 0 Å². The van der Waals surface area contributed by atoms with Gasteiger partial charge in [0.1, 0.15) is 0 Å². The molecule has 1 N–H and O–H groups in total. The van der Waals surface area contributed by atoms with E-state index < -0.39 is 0 Å². The zero-order valence-corrected chi connectivity index (χ0v) is 16.2. The largest absolute Gasteiger partial charge is 0.297 e. The van der Waals surface area contributed by atoms with E-state index in [-0.39, 0.29) is 5.91 Å². The van der Waals surface area contributed by atoms with E-state index in [1.165, 1.54) is 11.1 Å². The average molecular weight is 364 g/mol. The highest BCUT2D eigenvalue weighted by atomic mass is 16.2. The Hall–Kier alpha value is -2.50. The van der Waals surface area contributed by atoms with Crippen LogP contribution in [0.2, 0.25) is 0 Å². The van der Waals surface area contributed by atoms with Gasteiger partial charge in [0.15, 0.2) is 0 Å². The summed E-state index contributed by atoms with van der Waals surface area (Å²) < 4.78 is 0. The van der Waals surface area contributed by atoms with Gasteiger partial charge in [-0.15, -0.1) is 0 Å². The van der Waals surface area contributed by atoms with Gasteiger partial charge in [0.05, 0.1) is 12.3 Å². The number of nitrogens with zero attached hydrogens (tertiary/aromatic N) is 3. The second-order valence-corrected chi connectivity index (χ2v) is 7.14. The van der Waals surface area contributed by atoms with E-state index in [1.54, 1.807) is 0 Å². The summed E-state index contributed by atoms with van der Waals surface area (Å²) in [5.74, 6) is -0.0581. The van der Waals surface area contributed by atoms with E-state index in [9.17, 15) is 4.79 Å². The Morgan fingerprint density at radius 3 is 2.26 bits per heavy atom. The standard InChI is InChI=1S/C22H28N4O/c1-18-8-10-20(11-9-18)16-25-12-14-26(15-13-25)17-22(27)24-23-19(2)21-6-4-3-5-7-21/h3-11H,12-17H2,1-2H3,(H,24,27)/b23-19+. The molecule has 2 aromatic rings. The van der Waals surface area contributed by atoms with E-state index in [4.69, 9.17) is 0 Å². The number of carbonyl (C=O) groups is 1. The van der Waals surface area contributed by atoms with Gasteiger partial charge in [-0.2, -0.15) is 5.10 Å². The van der Waals surface area contributed by atoms with Gasteiger partial charge >= 0.3 is 0 Å². The van der Waals surface area contributed by atoms with Gasteiger partial charge in [-0.05, 0) is 25.0 Å². The lowest BCUT2D eigenvalue weighted by Gasteiger charge is -2.34. The third kappa shape index (κ3) is 6.01. The summed E-state index contributed by atoms with van der Waals surface area (Å²) >= 11 is 0. The van der Waals surface area contributed by atoms with Crippen molar-refractivity contribution < 1.29 is 4.79 Å². The minimum atomic E-state index is -0.0581. The molecule has 5 heteroatoms. The van der Waals surface area contributed by atoms with Crippen molar-refractivity contribution >= 4 is 11.6 Å². The summed E-state index contributed by atoms with van der Waals surface area (Å²) in [6, 6.07) is 18.6. The van der Waals surface area contributed by atoms with Gasteiger partial charge in [-0.1, -0.05) is 60.2 Å². The molecule has 27 heavy (non-hydrogen) atoms. The lowest BCUT2D eigenvalue weighted by atomic mass is 10.1. The zero-order valence-electron chi connectivity index (χ0n) is 16.2. The number of benzene rings is 2. The third-order valence-corrected chi connectivity index (χ3v) is 4.90. The number of amides is 1. The molecule has 5 nitrogen and oxygen atoms in total. The first-order chi connectivity index (χ1) is 13.1. The summed E-state index contributed by atoms with van der Waals surface area (Å²) in [6.45, 7) is 9.14. The van der Waals surface area contributed by atoms with Crippen molar-refractivity contribution in [1.29, 1.82) is 0 Å². The second-order valence-electron chi connectivity index (χ2n) is 7.14. The molecule has 0 spiro atoms. The summed E-state index contributed by atoms with van der Waals surface area (Å²) in [5, 5.41) is 4.22. The van der Waals surface area contributed by atoms with Crippen molar-refractivity contribution in [3.05, 3.63) is 71.3 Å². The molecule has 1 heterocycles. The number of hydrazone groups is 1. The topological polar surface area (TPSA) is 47.9 Å². The molecule has 1 fully saturated rings. The molecule has 1 aliphatic heterocycles. The molecule has 0 bridgehead atoms. The van der Waals surface area contributed by atoms with Crippen LogP contribution in [0.15, 0.2) is 59.7 Å². The Labute approximate surface area is 161 Å². The second kappa shape index (κ2) is 9.44. The molecule has 0 saturated carbocycles. The fourth-order valence-corrected chi connectivity index (χ4v) is 3.19. The van der Waals surface area contributed by atoms with Crippen LogP contribution in [-0.2, 0) is 11.3 Å². The Kier molecular flexibility index (Phi) is 6.74. The quantitative estimate of drug-likeness (QED) is 0.633. The minimum absolute atomic E-state index is 0.0581. The van der Waals surface area contributed by atoms with Crippen LogP contribution in [0.4, 0.5) is 0 Å². The van der Waals surface area contributed by atoms with Crippen molar-refractivity contribution in [2.24, 2.45) is 5.10 Å². The highest BCUT2D eigenvalue weighted by molar-refractivity contribution is 5.99. The van der Waals surface area contributed by atoms with Crippen molar-refractivity contribution in [3.8, 4) is 0 Å². The summed E-state index contributed by atoms with van der Waals surface area (Å²) in [6.07, 6.45) is 0. The molecule has 2 aromatic carbocycles. The molecule has 0 atom stereocenters. The van der Waals surface area contributed by atoms with Crippen LogP contribution >= 0.6 is 0 Å². The van der Waals surface area contributed by atoms with Crippen molar-refractivity contribution in [2.45, 2.75) is 20.4 Å². The Morgan fingerprint density at radius 1 is 0.963 bits per heavy atom. The first-order valence-electron chi connectivity index (χ1n) is 9.49. The maximum atomic E-state index is 12.2. The summed E-state index contributed by atoms with van der Waals surface area (Å²) in [7, 11) is 0. The summed E-state index contributed by atoms with van der Waals surface area (Å²) in [5.41, 5.74) is 7.14. The van der Waals surface area contributed by atoms with Crippen molar-refractivity contribution in [1.82, 2.24) is 15.2 Å². The molecule has 1 saturated heterocycles. The number of hydrogen-bond acceptors (Lipinski definition) is 4. The number of carbonyl (C=O) groups excluding carboxylic acids is 1. The number of piperazine rings is 1. The fraction of sp³-hybridized carbons (Fsp3) is 0.364. The maximum Gasteiger partial charge on any atom is 0.254 e. The Bertz CT molecular complexity index is 763. The average Bonchev–Trinajstić information content (AvgIpc) is 2.70. The molecule has 0 radical (unpaired) electrons. The molecular weight excluding hydrogens is 336 g/mol. The maximum absolute atomic E-state index is 12.2. The molecule has 0 aliphatic carbocycles. The number of aryl methyl sites for hydroxylation is 1. The minimum Gasteiger partial charge on any atom is -0.297 e. The van der Waals surface area contributed by atoms with Crippen LogP contribution in [-0.4, -0.2) is 54.1 Å². The van der Waals surface area contributed by atoms with E-state index in [1.807, 2.05) is 37.3 Å². The van der Waals surface area contributed by atoms with Crippen molar-refractivity contribution in [3.63, 3.8) is 0 Å². The third-order valence-electron chi connectivity index (χ3n) is 4.90. The fourth-order valence-electron chi connectivity index (χ4n) is 3.19. The first kappa shape index (κ1) is 19.3. The van der Waals surface area contributed by atoms with E-state index >= 15 is 0 Å². The van der Waals surface area contributed by atoms with Crippen LogP contribution < -0.4 is 5.43 Å². The predicted molar refractivity (Wildman–Crippen MR) is 110 cm³/mol. The van der Waals surface area contributed by atoms with E-state index in [0.29, 0.717) is 6.54 Å². The van der Waals surface area contributed by atoms with Crippen LogP contribution in [0.1, 0.15) is 23.6 Å². The smallest absolute Gasteiger partial charge is 0.254 e. The summed E-state index contributed by atoms with van der Waals surface area (Å²) in [4.78, 5) is 16.8. The Morgan fingerprint density at radius 2 is 1.59 bits per heavy atom. The number of rotatable bonds is 6. The number of nitrogens with one attached hydrogen (secondary N) is 1. The lowest BCUT2D eigenvalue weighted by Crippen LogP contribution is -2.48. The molecule has 0 aromatic heterocycles. The van der Waals surface area contributed by atoms with Gasteiger partial charge in [-0.25, -0.2) is 5.43 Å². The van der Waals surface area contributed by atoms with Gasteiger partial charge in [0.25, 0.3) is 5.91 Å². The normalized spacial score (nSPS) is 16.3. The lowest BCUT2D eigenvalue weighted by molar-refractivity contribution is -0.122. The molecular formula is C22H28N4O.